The zero-order valence-electron chi connectivity index (χ0n) is 16.7. The number of aryl methyl sites for hydroxylation is 1. The zero-order chi connectivity index (χ0) is 20.1. The van der Waals surface area contributed by atoms with Gasteiger partial charge in [-0.25, -0.2) is 4.39 Å². The molecule has 0 radical (unpaired) electrons. The second kappa shape index (κ2) is 6.59. The van der Waals surface area contributed by atoms with E-state index < -0.39 is 0 Å². The standard InChI is InChI=1S/C25H22FN3/c1-14(2)23-24(19-6-4-8-21-17(19)7-5-10-27-21)15(3)29-25(23)20-12-16(26)13-22-18(20)9-11-28-22/h4-14,28-29H,1-3H3. The van der Waals surface area contributed by atoms with Crippen molar-refractivity contribution in [3.05, 3.63) is 78.0 Å². The second-order valence-electron chi connectivity index (χ2n) is 7.84. The van der Waals surface area contributed by atoms with Crippen molar-refractivity contribution in [3.63, 3.8) is 0 Å². The first-order chi connectivity index (χ1) is 14.0. The Balaban J connectivity index is 1.86. The number of pyridine rings is 1. The van der Waals surface area contributed by atoms with Gasteiger partial charge in [-0.2, -0.15) is 0 Å². The molecule has 0 aliphatic carbocycles. The minimum absolute atomic E-state index is 0.243. The Morgan fingerprint density at radius 2 is 1.83 bits per heavy atom. The van der Waals surface area contributed by atoms with E-state index in [9.17, 15) is 4.39 Å². The van der Waals surface area contributed by atoms with Gasteiger partial charge in [-0.05, 0) is 54.3 Å². The van der Waals surface area contributed by atoms with Crippen LogP contribution in [0.2, 0.25) is 0 Å². The van der Waals surface area contributed by atoms with Gasteiger partial charge in [0.15, 0.2) is 0 Å². The third-order valence-corrected chi connectivity index (χ3v) is 5.62. The Morgan fingerprint density at radius 1 is 0.966 bits per heavy atom. The Bertz CT molecular complexity index is 1350. The van der Waals surface area contributed by atoms with Crippen molar-refractivity contribution in [2.75, 3.05) is 0 Å². The molecule has 3 heterocycles. The van der Waals surface area contributed by atoms with Crippen molar-refractivity contribution in [1.29, 1.82) is 0 Å². The molecule has 2 N–H and O–H groups in total. The van der Waals surface area contributed by atoms with E-state index in [2.05, 4.69) is 47.9 Å². The first-order valence-corrected chi connectivity index (χ1v) is 9.88. The predicted octanol–water partition coefficient (Wildman–Crippen LogP) is 6.95. The first kappa shape index (κ1) is 17.7. The summed E-state index contributed by atoms with van der Waals surface area (Å²) in [6, 6.07) is 15.5. The molecular formula is C25H22FN3. The molecule has 0 fully saturated rings. The molecule has 0 saturated heterocycles. The molecule has 0 aliphatic heterocycles. The van der Waals surface area contributed by atoms with E-state index in [1.165, 1.54) is 11.1 Å². The average molecular weight is 383 g/mol. The summed E-state index contributed by atoms with van der Waals surface area (Å²) in [6.45, 7) is 6.47. The quantitative estimate of drug-likeness (QED) is 0.348. The summed E-state index contributed by atoms with van der Waals surface area (Å²) >= 11 is 0. The summed E-state index contributed by atoms with van der Waals surface area (Å²) in [5.41, 5.74) is 8.26. The number of fused-ring (bicyclic) bond motifs is 2. The molecule has 3 aromatic heterocycles. The molecule has 5 aromatic rings. The monoisotopic (exact) mass is 383 g/mol. The SMILES string of the molecule is Cc1[nH]c(-c2cc(F)cc3[nH]ccc23)c(C(C)C)c1-c1cccc2ncccc12. The van der Waals surface area contributed by atoms with E-state index in [0.29, 0.717) is 0 Å². The van der Waals surface area contributed by atoms with Crippen molar-refractivity contribution in [3.8, 4) is 22.4 Å². The fraction of sp³-hybridized carbons (Fsp3) is 0.160. The van der Waals surface area contributed by atoms with E-state index in [0.717, 1.165) is 44.3 Å². The number of rotatable bonds is 3. The minimum atomic E-state index is -0.243. The maximum atomic E-state index is 14.4. The van der Waals surface area contributed by atoms with Gasteiger partial charge in [0.25, 0.3) is 0 Å². The van der Waals surface area contributed by atoms with Gasteiger partial charge in [0, 0.05) is 45.5 Å². The molecular weight excluding hydrogens is 361 g/mol. The molecule has 3 nitrogen and oxygen atoms in total. The van der Waals surface area contributed by atoms with Gasteiger partial charge in [0.2, 0.25) is 0 Å². The van der Waals surface area contributed by atoms with Crippen molar-refractivity contribution in [2.45, 2.75) is 26.7 Å². The van der Waals surface area contributed by atoms with Crippen LogP contribution >= 0.6 is 0 Å². The molecule has 4 heteroatoms. The predicted molar refractivity (Wildman–Crippen MR) is 118 cm³/mol. The lowest BCUT2D eigenvalue weighted by atomic mass is 9.89. The largest absolute Gasteiger partial charge is 0.361 e. The lowest BCUT2D eigenvalue weighted by Gasteiger charge is -2.14. The number of H-pyrrole nitrogens is 2. The molecule has 0 atom stereocenters. The van der Waals surface area contributed by atoms with Crippen molar-refractivity contribution in [1.82, 2.24) is 15.0 Å². The maximum absolute atomic E-state index is 14.4. The Labute approximate surface area is 168 Å². The normalized spacial score (nSPS) is 11.8. The highest BCUT2D eigenvalue weighted by atomic mass is 19.1. The van der Waals surface area contributed by atoms with Gasteiger partial charge in [-0.15, -0.1) is 0 Å². The van der Waals surface area contributed by atoms with E-state index in [1.54, 1.807) is 12.1 Å². The summed E-state index contributed by atoms with van der Waals surface area (Å²) in [5, 5.41) is 2.14. The van der Waals surface area contributed by atoms with E-state index in [4.69, 9.17) is 0 Å². The number of nitrogens with zero attached hydrogens (tertiary/aromatic N) is 1. The van der Waals surface area contributed by atoms with Gasteiger partial charge >= 0.3 is 0 Å². The molecule has 5 rings (SSSR count). The van der Waals surface area contributed by atoms with Gasteiger partial charge in [0.1, 0.15) is 5.82 Å². The smallest absolute Gasteiger partial charge is 0.125 e. The Hall–Kier alpha value is -3.40. The number of hydrogen-bond donors (Lipinski definition) is 2. The fourth-order valence-electron chi connectivity index (χ4n) is 4.44. The highest BCUT2D eigenvalue weighted by Gasteiger charge is 2.23. The molecule has 0 amide bonds. The molecule has 0 spiro atoms. The third-order valence-electron chi connectivity index (χ3n) is 5.62. The van der Waals surface area contributed by atoms with E-state index in [-0.39, 0.29) is 11.7 Å². The summed E-state index contributed by atoms with van der Waals surface area (Å²) < 4.78 is 14.4. The first-order valence-electron chi connectivity index (χ1n) is 9.88. The van der Waals surface area contributed by atoms with Crippen LogP contribution in [0.5, 0.6) is 0 Å². The highest BCUT2D eigenvalue weighted by Crippen LogP contribution is 2.43. The van der Waals surface area contributed by atoms with Crippen LogP contribution in [0.25, 0.3) is 44.2 Å². The van der Waals surface area contributed by atoms with Crippen LogP contribution in [0.15, 0.2) is 60.9 Å². The lowest BCUT2D eigenvalue weighted by molar-refractivity contribution is 0.630. The average Bonchev–Trinajstić information content (AvgIpc) is 3.31. The summed E-state index contributed by atoms with van der Waals surface area (Å²) in [7, 11) is 0. The van der Waals surface area contributed by atoms with Crippen molar-refractivity contribution in [2.24, 2.45) is 0 Å². The summed E-state index contributed by atoms with van der Waals surface area (Å²) in [6.07, 6.45) is 3.68. The van der Waals surface area contributed by atoms with Crippen LogP contribution in [-0.2, 0) is 0 Å². The molecule has 0 bridgehead atoms. The van der Waals surface area contributed by atoms with Crippen molar-refractivity contribution < 1.29 is 4.39 Å². The Morgan fingerprint density at radius 3 is 2.66 bits per heavy atom. The topological polar surface area (TPSA) is 44.5 Å². The Kier molecular flexibility index (Phi) is 4.02. The number of benzene rings is 2. The number of aromatic amines is 2. The van der Waals surface area contributed by atoms with Crippen LogP contribution in [0.3, 0.4) is 0 Å². The van der Waals surface area contributed by atoms with Crippen LogP contribution in [0, 0.1) is 12.7 Å². The number of aromatic nitrogens is 3. The van der Waals surface area contributed by atoms with Crippen LogP contribution < -0.4 is 0 Å². The van der Waals surface area contributed by atoms with Crippen LogP contribution in [0.4, 0.5) is 4.39 Å². The fourth-order valence-corrected chi connectivity index (χ4v) is 4.44. The molecule has 0 saturated carbocycles. The second-order valence-corrected chi connectivity index (χ2v) is 7.84. The van der Waals surface area contributed by atoms with E-state index in [1.807, 2.05) is 36.7 Å². The number of halogens is 1. The zero-order valence-corrected chi connectivity index (χ0v) is 16.7. The number of hydrogen-bond acceptors (Lipinski definition) is 1. The third kappa shape index (κ3) is 2.75. The van der Waals surface area contributed by atoms with Gasteiger partial charge < -0.3 is 9.97 Å². The molecule has 144 valence electrons. The van der Waals surface area contributed by atoms with Crippen LogP contribution in [-0.4, -0.2) is 15.0 Å². The summed E-state index contributed by atoms with van der Waals surface area (Å²) in [4.78, 5) is 11.2. The van der Waals surface area contributed by atoms with Crippen LogP contribution in [0.1, 0.15) is 31.0 Å². The van der Waals surface area contributed by atoms with Gasteiger partial charge in [-0.3, -0.25) is 4.98 Å². The minimum Gasteiger partial charge on any atom is -0.361 e. The van der Waals surface area contributed by atoms with Gasteiger partial charge in [-0.1, -0.05) is 32.0 Å². The van der Waals surface area contributed by atoms with Gasteiger partial charge in [0.05, 0.1) is 11.2 Å². The molecule has 2 aromatic carbocycles. The highest BCUT2D eigenvalue weighted by molar-refractivity contribution is 6.00. The summed E-state index contributed by atoms with van der Waals surface area (Å²) in [5.74, 6) is 0.0157. The molecule has 0 aliphatic rings. The molecule has 0 unspecified atom stereocenters. The van der Waals surface area contributed by atoms with Crippen molar-refractivity contribution >= 4 is 21.8 Å². The van der Waals surface area contributed by atoms with E-state index >= 15 is 0 Å². The molecule has 29 heavy (non-hydrogen) atoms. The lowest BCUT2D eigenvalue weighted by Crippen LogP contribution is -1.94. The maximum Gasteiger partial charge on any atom is 0.125 e. The number of nitrogens with one attached hydrogen (secondary N) is 2.